The van der Waals surface area contributed by atoms with Crippen LogP contribution in [0.25, 0.3) is 0 Å². The average Bonchev–Trinajstić information content (AvgIpc) is 2.45. The summed E-state index contributed by atoms with van der Waals surface area (Å²) in [5.74, 6) is 0.272. The first-order valence-electron chi connectivity index (χ1n) is 7.78. The molecule has 1 N–H and O–H groups in total. The minimum absolute atomic E-state index is 0.272. The Bertz CT molecular complexity index is 383. The number of likely N-dealkylation sites (tertiary alicyclic amines) is 1. The average molecular weight is 322 g/mol. The molecule has 0 aromatic heterocycles. The molecule has 2 saturated heterocycles. The zero-order chi connectivity index (χ0) is 16.3. The van der Waals surface area contributed by atoms with Crippen LogP contribution >= 0.6 is 0 Å². The molecule has 2 aliphatic rings. The van der Waals surface area contributed by atoms with Gasteiger partial charge >= 0.3 is 12.2 Å². The number of rotatable bonds is 2. The Kier molecular flexibility index (Phi) is 5.55. The van der Waals surface area contributed by atoms with Gasteiger partial charge in [0.1, 0.15) is 6.54 Å². The van der Waals surface area contributed by atoms with Crippen molar-refractivity contribution in [2.75, 3.05) is 52.9 Å². The minimum Gasteiger partial charge on any atom is -0.329 e. The van der Waals surface area contributed by atoms with Crippen molar-refractivity contribution in [3.8, 4) is 0 Å². The fraction of sp³-hybridized carbons (Fsp3) is 0.929. The van der Waals surface area contributed by atoms with Crippen molar-refractivity contribution in [3.05, 3.63) is 0 Å². The monoisotopic (exact) mass is 322 g/mol. The van der Waals surface area contributed by atoms with E-state index in [1.54, 1.807) is 0 Å². The third-order valence-corrected chi connectivity index (χ3v) is 4.59. The Hall–Kier alpha value is -1.02. The van der Waals surface area contributed by atoms with Crippen molar-refractivity contribution in [3.63, 3.8) is 0 Å². The molecule has 0 aromatic rings. The van der Waals surface area contributed by atoms with Crippen LogP contribution in [0, 0.1) is 5.92 Å². The lowest BCUT2D eigenvalue weighted by Gasteiger charge is -2.45. The number of carbonyl (C=O) groups is 1. The number of nitrogens with zero attached hydrogens (tertiary/aromatic N) is 3. The van der Waals surface area contributed by atoms with Gasteiger partial charge in [-0.25, -0.2) is 4.79 Å². The van der Waals surface area contributed by atoms with E-state index in [9.17, 15) is 18.0 Å². The maximum atomic E-state index is 12.2. The van der Waals surface area contributed by atoms with Crippen molar-refractivity contribution in [2.24, 2.45) is 5.92 Å². The molecule has 0 unspecified atom stereocenters. The molecule has 8 heteroatoms. The third-order valence-electron chi connectivity index (χ3n) is 4.59. The van der Waals surface area contributed by atoms with Gasteiger partial charge in [0, 0.05) is 45.3 Å². The van der Waals surface area contributed by atoms with Crippen molar-refractivity contribution >= 4 is 6.03 Å². The molecule has 0 aromatic carbocycles. The molecule has 0 spiro atoms. The summed E-state index contributed by atoms with van der Waals surface area (Å²) in [5, 5.41) is 1.95. The van der Waals surface area contributed by atoms with Gasteiger partial charge in [-0.1, -0.05) is 6.92 Å². The van der Waals surface area contributed by atoms with Gasteiger partial charge in [-0.2, -0.15) is 13.2 Å². The normalized spacial score (nSPS) is 28.7. The molecule has 2 aliphatic heterocycles. The van der Waals surface area contributed by atoms with Gasteiger partial charge in [0.2, 0.25) is 0 Å². The second-order valence-electron chi connectivity index (χ2n) is 6.39. The Labute approximate surface area is 129 Å². The third kappa shape index (κ3) is 4.74. The van der Waals surface area contributed by atoms with Gasteiger partial charge in [0.25, 0.3) is 0 Å². The molecule has 2 amide bonds. The summed E-state index contributed by atoms with van der Waals surface area (Å²) in [6.45, 7) is 5.96. The Morgan fingerprint density at radius 2 is 1.82 bits per heavy atom. The Morgan fingerprint density at radius 1 is 1.18 bits per heavy atom. The van der Waals surface area contributed by atoms with E-state index in [-0.39, 0.29) is 5.92 Å². The van der Waals surface area contributed by atoms with Crippen LogP contribution in [0.5, 0.6) is 0 Å². The van der Waals surface area contributed by atoms with E-state index in [0.717, 1.165) is 32.6 Å². The number of nitrogens with one attached hydrogen (secondary N) is 1. The van der Waals surface area contributed by atoms with Gasteiger partial charge in [0.15, 0.2) is 0 Å². The molecule has 0 saturated carbocycles. The van der Waals surface area contributed by atoms with Gasteiger partial charge in [-0.3, -0.25) is 4.90 Å². The van der Waals surface area contributed by atoms with Crippen molar-refractivity contribution in [1.82, 2.24) is 20.0 Å². The molecular weight excluding hydrogens is 297 g/mol. The second kappa shape index (κ2) is 7.04. The molecule has 22 heavy (non-hydrogen) atoms. The fourth-order valence-corrected chi connectivity index (χ4v) is 3.30. The zero-order valence-electron chi connectivity index (χ0n) is 13.2. The number of hydrogen-bond acceptors (Lipinski definition) is 3. The van der Waals surface area contributed by atoms with Gasteiger partial charge < -0.3 is 15.1 Å². The van der Waals surface area contributed by atoms with Crippen LogP contribution in [-0.4, -0.2) is 85.8 Å². The van der Waals surface area contributed by atoms with Crippen LogP contribution in [-0.2, 0) is 0 Å². The summed E-state index contributed by atoms with van der Waals surface area (Å²) in [6, 6.07) is -0.193. The molecule has 128 valence electrons. The van der Waals surface area contributed by atoms with E-state index in [4.69, 9.17) is 0 Å². The van der Waals surface area contributed by atoms with Crippen molar-refractivity contribution in [2.45, 2.75) is 25.6 Å². The predicted molar refractivity (Wildman–Crippen MR) is 77.7 cm³/mol. The maximum Gasteiger partial charge on any atom is 0.405 e. The highest BCUT2D eigenvalue weighted by atomic mass is 19.4. The van der Waals surface area contributed by atoms with Gasteiger partial charge in [0.05, 0.1) is 0 Å². The maximum absolute atomic E-state index is 12.2. The number of piperidine rings is 1. The standard InChI is InChI=1S/C14H25F3N4O/c1-11-9-21(13(22)18-10-14(15,16)17)4-3-12(11)20-7-5-19(2)6-8-20/h11-12H,3-10H2,1-2H3,(H,18,22)/t11-,12-/m0/s1. The second-order valence-corrected chi connectivity index (χ2v) is 6.39. The quantitative estimate of drug-likeness (QED) is 0.831. The Morgan fingerprint density at radius 3 is 2.36 bits per heavy atom. The largest absolute Gasteiger partial charge is 0.405 e. The molecule has 5 nitrogen and oxygen atoms in total. The molecular formula is C14H25F3N4O. The van der Waals surface area contributed by atoms with Crippen LogP contribution in [0.3, 0.4) is 0 Å². The summed E-state index contributed by atoms with van der Waals surface area (Å²) in [5.41, 5.74) is 0. The smallest absolute Gasteiger partial charge is 0.329 e. The number of urea groups is 1. The molecule has 2 atom stereocenters. The lowest BCUT2D eigenvalue weighted by atomic mass is 9.92. The van der Waals surface area contributed by atoms with Crippen LogP contribution in [0.2, 0.25) is 0 Å². The molecule has 2 rings (SSSR count). The highest BCUT2D eigenvalue weighted by molar-refractivity contribution is 5.74. The van der Waals surface area contributed by atoms with E-state index < -0.39 is 18.8 Å². The lowest BCUT2D eigenvalue weighted by Crippen LogP contribution is -2.57. The van der Waals surface area contributed by atoms with Crippen molar-refractivity contribution < 1.29 is 18.0 Å². The van der Waals surface area contributed by atoms with Crippen LogP contribution in [0.4, 0.5) is 18.0 Å². The predicted octanol–water partition coefficient (Wildman–Crippen LogP) is 1.22. The van der Waals surface area contributed by atoms with Crippen LogP contribution in [0.1, 0.15) is 13.3 Å². The number of piperazine rings is 1. The molecule has 0 bridgehead atoms. The van der Waals surface area contributed by atoms with Crippen LogP contribution < -0.4 is 5.32 Å². The summed E-state index contributed by atoms with van der Waals surface area (Å²) in [6.07, 6.45) is -3.54. The lowest BCUT2D eigenvalue weighted by molar-refractivity contribution is -0.123. The first-order chi connectivity index (χ1) is 10.3. The first kappa shape index (κ1) is 17.3. The first-order valence-corrected chi connectivity index (χ1v) is 7.78. The van der Waals surface area contributed by atoms with Gasteiger partial charge in [-0.15, -0.1) is 0 Å². The Balaban J connectivity index is 1.80. The number of amides is 2. The van der Waals surface area contributed by atoms with E-state index in [2.05, 4.69) is 23.8 Å². The summed E-state index contributed by atoms with van der Waals surface area (Å²) >= 11 is 0. The highest BCUT2D eigenvalue weighted by Gasteiger charge is 2.34. The van der Waals surface area contributed by atoms with E-state index in [1.165, 1.54) is 4.90 Å². The molecule has 0 aliphatic carbocycles. The number of carbonyl (C=O) groups excluding carboxylic acids is 1. The van der Waals surface area contributed by atoms with Crippen molar-refractivity contribution in [1.29, 1.82) is 0 Å². The summed E-state index contributed by atoms with van der Waals surface area (Å²) in [4.78, 5) is 18.1. The van der Waals surface area contributed by atoms with Gasteiger partial charge in [-0.05, 0) is 19.4 Å². The summed E-state index contributed by atoms with van der Waals surface area (Å²) < 4.78 is 36.5. The summed E-state index contributed by atoms with van der Waals surface area (Å²) in [7, 11) is 2.11. The topological polar surface area (TPSA) is 38.8 Å². The number of hydrogen-bond donors (Lipinski definition) is 1. The number of halogens is 3. The van der Waals surface area contributed by atoms with E-state index in [0.29, 0.717) is 19.1 Å². The van der Waals surface area contributed by atoms with E-state index in [1.807, 2.05) is 5.32 Å². The number of likely N-dealkylation sites (N-methyl/N-ethyl adjacent to an activating group) is 1. The SMILES string of the molecule is C[C@H]1CN(C(=O)NCC(F)(F)F)CC[C@@H]1N1CCN(C)CC1. The van der Waals surface area contributed by atoms with Crippen LogP contribution in [0.15, 0.2) is 0 Å². The highest BCUT2D eigenvalue weighted by Crippen LogP contribution is 2.23. The fourth-order valence-electron chi connectivity index (χ4n) is 3.30. The molecule has 0 radical (unpaired) electrons. The molecule has 2 fully saturated rings. The minimum atomic E-state index is -4.36. The zero-order valence-corrected chi connectivity index (χ0v) is 13.2. The van der Waals surface area contributed by atoms with E-state index >= 15 is 0 Å². The number of alkyl halides is 3. The molecule has 2 heterocycles.